The number of methoxy groups -OCH3 is 3. The first-order chi connectivity index (χ1) is 14.6. The van der Waals surface area contributed by atoms with Gasteiger partial charge in [0, 0.05) is 17.4 Å². The van der Waals surface area contributed by atoms with Crippen molar-refractivity contribution in [3.8, 4) is 28.5 Å². The van der Waals surface area contributed by atoms with Crippen molar-refractivity contribution in [1.82, 2.24) is 4.98 Å². The van der Waals surface area contributed by atoms with E-state index >= 15 is 0 Å². The van der Waals surface area contributed by atoms with Crippen LogP contribution in [-0.4, -0.2) is 32.2 Å². The van der Waals surface area contributed by atoms with Gasteiger partial charge in [-0.2, -0.15) is 0 Å². The third-order valence-electron chi connectivity index (χ3n) is 4.77. The van der Waals surface area contributed by atoms with Gasteiger partial charge in [0.2, 0.25) is 11.7 Å². The van der Waals surface area contributed by atoms with Crippen molar-refractivity contribution in [2.45, 2.75) is 26.2 Å². The van der Waals surface area contributed by atoms with Gasteiger partial charge in [-0.1, -0.05) is 31.2 Å². The standard InChI is InChI=1S/C23H26N2O4S/c1-5-15-6-9-17(10-7-15)18-14-30-23(24-18)25-21(26)11-8-16-12-19(27-2)22(29-4)20(13-16)28-3/h6-7,9-10,12-14H,5,8,11H2,1-4H3,(H,24,25,26). The van der Waals surface area contributed by atoms with Crippen LogP contribution in [0.5, 0.6) is 17.2 Å². The Balaban J connectivity index is 1.62. The molecule has 6 nitrogen and oxygen atoms in total. The molecular weight excluding hydrogens is 400 g/mol. The molecule has 1 N–H and O–H groups in total. The molecule has 30 heavy (non-hydrogen) atoms. The first-order valence-electron chi connectivity index (χ1n) is 9.71. The van der Waals surface area contributed by atoms with Gasteiger partial charge in [-0.3, -0.25) is 4.79 Å². The highest BCUT2D eigenvalue weighted by molar-refractivity contribution is 7.14. The van der Waals surface area contributed by atoms with E-state index in [-0.39, 0.29) is 5.91 Å². The summed E-state index contributed by atoms with van der Waals surface area (Å²) in [4.78, 5) is 17.0. The predicted molar refractivity (Wildman–Crippen MR) is 120 cm³/mol. The molecule has 0 spiro atoms. The smallest absolute Gasteiger partial charge is 0.226 e. The van der Waals surface area contributed by atoms with E-state index in [0.29, 0.717) is 35.2 Å². The van der Waals surface area contributed by atoms with Gasteiger partial charge in [0.05, 0.1) is 27.0 Å². The molecule has 2 aromatic carbocycles. The highest BCUT2D eigenvalue weighted by Crippen LogP contribution is 2.38. The molecule has 3 aromatic rings. The molecule has 0 unspecified atom stereocenters. The molecule has 1 amide bonds. The van der Waals surface area contributed by atoms with E-state index in [9.17, 15) is 4.79 Å². The third-order valence-corrected chi connectivity index (χ3v) is 5.53. The predicted octanol–water partition coefficient (Wildman–Crippen LogP) is 4.97. The van der Waals surface area contributed by atoms with Crippen LogP contribution < -0.4 is 19.5 Å². The van der Waals surface area contributed by atoms with Crippen molar-refractivity contribution >= 4 is 22.4 Å². The number of amides is 1. The molecule has 0 radical (unpaired) electrons. The molecule has 158 valence electrons. The number of nitrogens with zero attached hydrogens (tertiary/aromatic N) is 1. The number of aromatic nitrogens is 1. The number of carbonyl (C=O) groups excluding carboxylic acids is 1. The van der Waals surface area contributed by atoms with Gasteiger partial charge in [-0.05, 0) is 36.1 Å². The zero-order valence-electron chi connectivity index (χ0n) is 17.7. The average Bonchev–Trinajstić information content (AvgIpc) is 3.25. The highest BCUT2D eigenvalue weighted by atomic mass is 32.1. The molecule has 0 saturated heterocycles. The van der Waals surface area contributed by atoms with E-state index in [1.807, 2.05) is 17.5 Å². The summed E-state index contributed by atoms with van der Waals surface area (Å²) in [6.45, 7) is 2.13. The fourth-order valence-corrected chi connectivity index (χ4v) is 3.83. The largest absolute Gasteiger partial charge is 0.493 e. The number of carbonyl (C=O) groups is 1. The van der Waals surface area contributed by atoms with E-state index in [4.69, 9.17) is 14.2 Å². The fourth-order valence-electron chi connectivity index (χ4n) is 3.09. The minimum absolute atomic E-state index is 0.0917. The Kier molecular flexibility index (Phi) is 7.30. The summed E-state index contributed by atoms with van der Waals surface area (Å²) in [5, 5.41) is 5.44. The lowest BCUT2D eigenvalue weighted by atomic mass is 10.1. The maximum Gasteiger partial charge on any atom is 0.226 e. The molecule has 0 fully saturated rings. The van der Waals surface area contributed by atoms with Crippen LogP contribution in [-0.2, 0) is 17.6 Å². The molecule has 1 heterocycles. The number of hydrogen-bond donors (Lipinski definition) is 1. The first-order valence-corrected chi connectivity index (χ1v) is 10.6. The van der Waals surface area contributed by atoms with E-state index in [1.165, 1.54) is 16.9 Å². The van der Waals surface area contributed by atoms with Gasteiger partial charge in [0.1, 0.15) is 0 Å². The number of benzene rings is 2. The molecular formula is C23H26N2O4S. The minimum Gasteiger partial charge on any atom is -0.493 e. The summed E-state index contributed by atoms with van der Waals surface area (Å²) < 4.78 is 16.1. The number of rotatable bonds is 9. The van der Waals surface area contributed by atoms with E-state index < -0.39 is 0 Å². The Morgan fingerprint density at radius 3 is 2.23 bits per heavy atom. The topological polar surface area (TPSA) is 69.7 Å². The Hall–Kier alpha value is -3.06. The van der Waals surface area contributed by atoms with Crippen molar-refractivity contribution in [3.05, 3.63) is 52.9 Å². The van der Waals surface area contributed by atoms with Crippen LogP contribution in [0.15, 0.2) is 41.8 Å². The first kappa shape index (κ1) is 21.6. The Labute approximate surface area is 180 Å². The summed E-state index contributed by atoms with van der Waals surface area (Å²) in [5.74, 6) is 1.60. The molecule has 0 aliphatic heterocycles. The zero-order chi connectivity index (χ0) is 21.5. The Morgan fingerprint density at radius 2 is 1.67 bits per heavy atom. The molecule has 1 aromatic heterocycles. The fraction of sp³-hybridized carbons (Fsp3) is 0.304. The van der Waals surface area contributed by atoms with Crippen LogP contribution in [0.2, 0.25) is 0 Å². The Morgan fingerprint density at radius 1 is 1.00 bits per heavy atom. The summed E-state index contributed by atoms with van der Waals surface area (Å²) in [6.07, 6.45) is 1.86. The summed E-state index contributed by atoms with van der Waals surface area (Å²) >= 11 is 1.42. The molecule has 0 aliphatic carbocycles. The monoisotopic (exact) mass is 426 g/mol. The second kappa shape index (κ2) is 10.1. The van der Waals surface area contributed by atoms with Gasteiger partial charge < -0.3 is 19.5 Å². The minimum atomic E-state index is -0.0917. The Bertz CT molecular complexity index is 974. The van der Waals surface area contributed by atoms with Crippen LogP contribution >= 0.6 is 11.3 Å². The lowest BCUT2D eigenvalue weighted by molar-refractivity contribution is -0.116. The van der Waals surface area contributed by atoms with E-state index in [2.05, 4.69) is 41.5 Å². The van der Waals surface area contributed by atoms with E-state index in [1.54, 1.807) is 21.3 Å². The quantitative estimate of drug-likeness (QED) is 0.523. The van der Waals surface area contributed by atoms with Crippen LogP contribution in [0.3, 0.4) is 0 Å². The van der Waals surface area contributed by atoms with Gasteiger partial charge in [0.25, 0.3) is 0 Å². The van der Waals surface area contributed by atoms with Gasteiger partial charge in [-0.15, -0.1) is 11.3 Å². The molecule has 0 aliphatic rings. The maximum atomic E-state index is 12.4. The van der Waals surface area contributed by atoms with Gasteiger partial charge in [0.15, 0.2) is 16.6 Å². The normalized spacial score (nSPS) is 10.5. The average molecular weight is 427 g/mol. The van der Waals surface area contributed by atoms with Crippen molar-refractivity contribution in [1.29, 1.82) is 0 Å². The SMILES string of the molecule is CCc1ccc(-c2csc(NC(=O)CCc3cc(OC)c(OC)c(OC)c3)n2)cc1. The summed E-state index contributed by atoms with van der Waals surface area (Å²) in [5.41, 5.74) is 4.12. The number of nitrogens with one attached hydrogen (secondary N) is 1. The van der Waals surface area contributed by atoms with E-state index in [0.717, 1.165) is 23.2 Å². The van der Waals surface area contributed by atoms with Crippen LogP contribution in [0.1, 0.15) is 24.5 Å². The van der Waals surface area contributed by atoms with Crippen molar-refractivity contribution in [2.24, 2.45) is 0 Å². The number of thiazole rings is 1. The van der Waals surface area contributed by atoms with Crippen LogP contribution in [0, 0.1) is 0 Å². The number of ether oxygens (including phenoxy) is 3. The lowest BCUT2D eigenvalue weighted by Gasteiger charge is -2.14. The van der Waals surface area contributed by atoms with Crippen molar-refractivity contribution in [3.63, 3.8) is 0 Å². The molecule has 0 atom stereocenters. The number of anilines is 1. The number of aryl methyl sites for hydroxylation is 2. The highest BCUT2D eigenvalue weighted by Gasteiger charge is 2.14. The van der Waals surface area contributed by atoms with Crippen molar-refractivity contribution in [2.75, 3.05) is 26.6 Å². The molecule has 0 saturated carbocycles. The second-order valence-electron chi connectivity index (χ2n) is 6.67. The van der Waals surface area contributed by atoms with Gasteiger partial charge >= 0.3 is 0 Å². The van der Waals surface area contributed by atoms with Crippen LogP contribution in [0.25, 0.3) is 11.3 Å². The molecule has 0 bridgehead atoms. The molecule has 3 rings (SSSR count). The molecule has 7 heteroatoms. The summed E-state index contributed by atoms with van der Waals surface area (Å²) in [6, 6.07) is 12.0. The van der Waals surface area contributed by atoms with Gasteiger partial charge in [-0.25, -0.2) is 4.98 Å². The number of hydrogen-bond acceptors (Lipinski definition) is 6. The van der Waals surface area contributed by atoms with Crippen LogP contribution in [0.4, 0.5) is 5.13 Å². The lowest BCUT2D eigenvalue weighted by Crippen LogP contribution is -2.12. The zero-order valence-corrected chi connectivity index (χ0v) is 18.5. The van der Waals surface area contributed by atoms with Crippen molar-refractivity contribution < 1.29 is 19.0 Å². The third kappa shape index (κ3) is 5.10. The summed E-state index contributed by atoms with van der Waals surface area (Å²) in [7, 11) is 4.71. The maximum absolute atomic E-state index is 12.4. The second-order valence-corrected chi connectivity index (χ2v) is 7.53.